The first-order chi connectivity index (χ1) is 14.5. The molecule has 2 atom stereocenters. The molecule has 2 fully saturated rings. The van der Waals surface area contributed by atoms with Crippen molar-refractivity contribution in [2.75, 3.05) is 20.3 Å². The van der Waals surface area contributed by atoms with E-state index in [1.165, 1.54) is 29.2 Å². The van der Waals surface area contributed by atoms with Crippen LogP contribution in [0.4, 0.5) is 4.39 Å². The van der Waals surface area contributed by atoms with Crippen LogP contribution in [0.3, 0.4) is 0 Å². The Hall–Kier alpha value is -3.19. The third-order valence-corrected chi connectivity index (χ3v) is 5.51. The highest BCUT2D eigenvalue weighted by Crippen LogP contribution is 2.40. The largest absolute Gasteiger partial charge is 0.507 e. The maximum Gasteiger partial charge on any atom is 0.295 e. The van der Waals surface area contributed by atoms with Crippen molar-refractivity contribution in [2.45, 2.75) is 25.0 Å². The summed E-state index contributed by atoms with van der Waals surface area (Å²) in [6.45, 7) is 0.874. The lowest BCUT2D eigenvalue weighted by Crippen LogP contribution is -2.36. The number of aliphatic hydroxyl groups excluding tert-OH is 1. The van der Waals surface area contributed by atoms with Gasteiger partial charge in [-0.25, -0.2) is 4.39 Å². The molecular formula is C23H22FNO5. The van der Waals surface area contributed by atoms with Gasteiger partial charge in [-0.1, -0.05) is 12.1 Å². The van der Waals surface area contributed by atoms with Gasteiger partial charge >= 0.3 is 0 Å². The van der Waals surface area contributed by atoms with Gasteiger partial charge in [0.15, 0.2) is 0 Å². The van der Waals surface area contributed by atoms with Gasteiger partial charge in [-0.15, -0.1) is 0 Å². The number of ether oxygens (including phenoxy) is 2. The topological polar surface area (TPSA) is 76.1 Å². The number of Topliss-reactive ketones (excluding diaryl/α,β-unsaturated/α-hetero) is 1. The molecule has 2 aliphatic rings. The lowest BCUT2D eigenvalue weighted by Gasteiger charge is -2.27. The molecule has 0 aromatic heterocycles. The predicted molar refractivity (Wildman–Crippen MR) is 107 cm³/mol. The molecular weight excluding hydrogens is 389 g/mol. The molecule has 7 heteroatoms. The van der Waals surface area contributed by atoms with Crippen LogP contribution in [0.2, 0.25) is 0 Å². The fraction of sp³-hybridized carbons (Fsp3) is 0.304. The summed E-state index contributed by atoms with van der Waals surface area (Å²) in [5.41, 5.74) is 0.913. The number of aliphatic hydroxyl groups is 1. The Kier molecular flexibility index (Phi) is 5.55. The fourth-order valence-electron chi connectivity index (χ4n) is 3.97. The lowest BCUT2D eigenvalue weighted by atomic mass is 9.95. The van der Waals surface area contributed by atoms with Gasteiger partial charge in [-0.2, -0.15) is 0 Å². The number of hydrogen-bond donors (Lipinski definition) is 1. The minimum absolute atomic E-state index is 0.0187. The van der Waals surface area contributed by atoms with Crippen LogP contribution in [0.15, 0.2) is 54.1 Å². The van der Waals surface area contributed by atoms with Crippen LogP contribution in [0.1, 0.15) is 30.0 Å². The Morgan fingerprint density at radius 2 is 1.87 bits per heavy atom. The summed E-state index contributed by atoms with van der Waals surface area (Å²) in [7, 11) is 1.55. The molecule has 0 saturated carbocycles. The molecule has 0 spiro atoms. The Labute approximate surface area is 173 Å². The van der Waals surface area contributed by atoms with Crippen molar-refractivity contribution < 1.29 is 28.6 Å². The molecule has 2 aromatic rings. The zero-order valence-electron chi connectivity index (χ0n) is 16.5. The van der Waals surface area contributed by atoms with Gasteiger partial charge in [-0.05, 0) is 54.8 Å². The first-order valence-electron chi connectivity index (χ1n) is 9.79. The molecule has 0 bridgehead atoms. The number of halogens is 1. The first kappa shape index (κ1) is 20.1. The van der Waals surface area contributed by atoms with Gasteiger partial charge in [0.2, 0.25) is 0 Å². The molecule has 1 N–H and O–H groups in total. The maximum atomic E-state index is 13.3. The van der Waals surface area contributed by atoms with E-state index in [0.29, 0.717) is 17.9 Å². The van der Waals surface area contributed by atoms with Crippen LogP contribution in [-0.2, 0) is 14.3 Å². The lowest BCUT2D eigenvalue weighted by molar-refractivity contribution is -0.140. The first-order valence-corrected chi connectivity index (χ1v) is 9.79. The molecule has 4 rings (SSSR count). The van der Waals surface area contributed by atoms with Gasteiger partial charge in [0, 0.05) is 18.7 Å². The summed E-state index contributed by atoms with van der Waals surface area (Å²) in [6.07, 6.45) is 1.54. The van der Waals surface area contributed by atoms with Gasteiger partial charge in [0.25, 0.3) is 11.7 Å². The number of rotatable bonds is 5. The van der Waals surface area contributed by atoms with Crippen molar-refractivity contribution in [2.24, 2.45) is 0 Å². The Bertz CT molecular complexity index is 978. The zero-order valence-corrected chi connectivity index (χ0v) is 16.5. The van der Waals surface area contributed by atoms with Crippen molar-refractivity contribution in [3.8, 4) is 5.75 Å². The van der Waals surface area contributed by atoms with Crippen LogP contribution in [0, 0.1) is 5.82 Å². The molecule has 1 amide bonds. The van der Waals surface area contributed by atoms with Gasteiger partial charge in [0.05, 0.1) is 24.8 Å². The highest BCUT2D eigenvalue weighted by atomic mass is 19.1. The highest BCUT2D eigenvalue weighted by Gasteiger charge is 2.47. The van der Waals surface area contributed by atoms with Crippen molar-refractivity contribution >= 4 is 17.4 Å². The average molecular weight is 411 g/mol. The van der Waals surface area contributed by atoms with Crippen molar-refractivity contribution in [1.82, 2.24) is 4.90 Å². The number of ketones is 1. The molecule has 6 nitrogen and oxygen atoms in total. The van der Waals surface area contributed by atoms with E-state index in [-0.39, 0.29) is 29.5 Å². The Morgan fingerprint density at radius 1 is 1.17 bits per heavy atom. The minimum atomic E-state index is -0.773. The number of carbonyl (C=O) groups excluding carboxylic acids is 2. The summed E-state index contributed by atoms with van der Waals surface area (Å²) in [4.78, 5) is 27.3. The molecule has 0 radical (unpaired) electrons. The minimum Gasteiger partial charge on any atom is -0.507 e. The number of methoxy groups -OCH3 is 1. The van der Waals surface area contributed by atoms with Crippen LogP contribution in [-0.4, -0.2) is 48.1 Å². The number of likely N-dealkylation sites (tertiary alicyclic amines) is 1. The highest BCUT2D eigenvalue weighted by molar-refractivity contribution is 6.46. The molecule has 156 valence electrons. The summed E-state index contributed by atoms with van der Waals surface area (Å²) in [5.74, 6) is -1.61. The van der Waals surface area contributed by atoms with E-state index in [4.69, 9.17) is 9.47 Å². The normalized spacial score (nSPS) is 23.2. The summed E-state index contributed by atoms with van der Waals surface area (Å²) >= 11 is 0. The van der Waals surface area contributed by atoms with E-state index in [0.717, 1.165) is 12.8 Å². The van der Waals surface area contributed by atoms with Crippen molar-refractivity contribution in [1.29, 1.82) is 0 Å². The molecule has 2 heterocycles. The predicted octanol–water partition coefficient (Wildman–Crippen LogP) is 3.44. The molecule has 30 heavy (non-hydrogen) atoms. The van der Waals surface area contributed by atoms with Crippen LogP contribution < -0.4 is 4.74 Å². The number of nitrogens with zero attached hydrogens (tertiary/aromatic N) is 1. The van der Waals surface area contributed by atoms with Crippen LogP contribution >= 0.6 is 0 Å². The molecule has 0 aliphatic carbocycles. The molecule has 2 unspecified atom stereocenters. The molecule has 2 aliphatic heterocycles. The Morgan fingerprint density at radius 3 is 2.47 bits per heavy atom. The van der Waals surface area contributed by atoms with E-state index in [9.17, 15) is 19.1 Å². The average Bonchev–Trinajstić information content (AvgIpc) is 3.36. The fourth-order valence-corrected chi connectivity index (χ4v) is 3.97. The SMILES string of the molecule is COc1ccc(C2/C(=C(/O)c3ccc(F)cc3)C(=O)C(=O)N2CC2CCCO2)cc1. The quantitative estimate of drug-likeness (QED) is 0.463. The van der Waals surface area contributed by atoms with E-state index >= 15 is 0 Å². The Balaban J connectivity index is 1.80. The number of benzene rings is 2. The zero-order chi connectivity index (χ0) is 21.3. The second-order valence-electron chi connectivity index (χ2n) is 7.37. The number of amides is 1. The van der Waals surface area contributed by atoms with Crippen LogP contribution in [0.25, 0.3) is 5.76 Å². The molecule has 2 saturated heterocycles. The van der Waals surface area contributed by atoms with Crippen molar-refractivity contribution in [3.63, 3.8) is 0 Å². The number of carbonyl (C=O) groups is 2. The second-order valence-corrected chi connectivity index (χ2v) is 7.37. The smallest absolute Gasteiger partial charge is 0.295 e. The van der Waals surface area contributed by atoms with E-state index in [1.807, 2.05) is 0 Å². The third-order valence-electron chi connectivity index (χ3n) is 5.51. The maximum absolute atomic E-state index is 13.3. The molecule has 2 aromatic carbocycles. The summed E-state index contributed by atoms with van der Waals surface area (Å²) in [5, 5.41) is 10.9. The van der Waals surface area contributed by atoms with Gasteiger partial charge < -0.3 is 19.5 Å². The van der Waals surface area contributed by atoms with E-state index in [2.05, 4.69) is 0 Å². The summed E-state index contributed by atoms with van der Waals surface area (Å²) in [6, 6.07) is 11.4. The van der Waals surface area contributed by atoms with Crippen LogP contribution in [0.5, 0.6) is 5.75 Å². The second kappa shape index (κ2) is 8.28. The monoisotopic (exact) mass is 411 g/mol. The van der Waals surface area contributed by atoms with Crippen molar-refractivity contribution in [3.05, 3.63) is 71.0 Å². The number of hydrogen-bond acceptors (Lipinski definition) is 5. The van der Waals surface area contributed by atoms with Gasteiger partial charge in [-0.3, -0.25) is 9.59 Å². The van der Waals surface area contributed by atoms with E-state index in [1.54, 1.807) is 31.4 Å². The van der Waals surface area contributed by atoms with E-state index < -0.39 is 23.5 Å². The summed E-state index contributed by atoms with van der Waals surface area (Å²) < 4.78 is 24.2. The van der Waals surface area contributed by atoms with Gasteiger partial charge in [0.1, 0.15) is 17.3 Å². The third kappa shape index (κ3) is 3.68. The standard InChI is InChI=1S/C23H22FNO5/c1-29-17-10-6-14(7-11-17)20-19(21(26)15-4-8-16(24)9-5-15)22(27)23(28)25(20)13-18-3-2-12-30-18/h4-11,18,20,26H,2-3,12-13H2,1H3/b21-19-.